The van der Waals surface area contributed by atoms with E-state index in [-0.39, 0.29) is 12.2 Å². The van der Waals surface area contributed by atoms with Gasteiger partial charge in [-0.1, -0.05) is 10.3 Å². The first-order valence-electron chi connectivity index (χ1n) is 7.63. The van der Waals surface area contributed by atoms with E-state index in [4.69, 9.17) is 18.5 Å². The van der Waals surface area contributed by atoms with Crippen molar-refractivity contribution in [2.24, 2.45) is 0 Å². The van der Waals surface area contributed by atoms with Gasteiger partial charge >= 0.3 is 0 Å². The van der Waals surface area contributed by atoms with Crippen LogP contribution in [0.3, 0.4) is 0 Å². The number of hydrogen-bond donors (Lipinski definition) is 1. The minimum absolute atomic E-state index is 0.117. The number of nitrogens with one attached hydrogen (secondary N) is 1. The maximum Gasteiger partial charge on any atom is 0.273 e. The average molecular weight is 342 g/mol. The molecule has 0 fully saturated rings. The monoisotopic (exact) mass is 342 g/mol. The van der Waals surface area contributed by atoms with E-state index in [2.05, 4.69) is 20.6 Å². The molecule has 0 saturated heterocycles. The highest BCUT2D eigenvalue weighted by Gasteiger charge is 2.17. The lowest BCUT2D eigenvalue weighted by Crippen LogP contribution is -2.23. The van der Waals surface area contributed by atoms with Crippen molar-refractivity contribution in [3.05, 3.63) is 41.7 Å². The van der Waals surface area contributed by atoms with Gasteiger partial charge in [0.2, 0.25) is 5.89 Å². The standard InChI is InChI=1S/C16H14N4O5/c1-9-18-15(25-19-9)8-17-16(21)11-7-13(24-20-11)10-2-3-12-14(6-10)23-5-4-22-12/h2-3,6-7H,4-5,8H2,1H3,(H,17,21). The smallest absolute Gasteiger partial charge is 0.273 e. The molecule has 25 heavy (non-hydrogen) atoms. The molecule has 1 aromatic carbocycles. The summed E-state index contributed by atoms with van der Waals surface area (Å²) in [5.41, 5.74) is 0.893. The molecule has 1 N–H and O–H groups in total. The number of benzene rings is 1. The summed E-state index contributed by atoms with van der Waals surface area (Å²) >= 11 is 0. The van der Waals surface area contributed by atoms with Crippen molar-refractivity contribution in [1.82, 2.24) is 20.6 Å². The number of fused-ring (bicyclic) bond motifs is 1. The van der Waals surface area contributed by atoms with Crippen molar-refractivity contribution < 1.29 is 23.3 Å². The highest BCUT2D eigenvalue weighted by atomic mass is 16.6. The van der Waals surface area contributed by atoms with E-state index in [1.807, 2.05) is 6.07 Å². The van der Waals surface area contributed by atoms with Crippen molar-refractivity contribution in [3.63, 3.8) is 0 Å². The Hall–Kier alpha value is -3.36. The third-order valence-corrected chi connectivity index (χ3v) is 3.54. The zero-order valence-electron chi connectivity index (χ0n) is 13.3. The molecule has 9 heteroatoms. The van der Waals surface area contributed by atoms with Crippen LogP contribution in [-0.2, 0) is 6.54 Å². The molecule has 4 rings (SSSR count). The van der Waals surface area contributed by atoms with Crippen molar-refractivity contribution in [2.75, 3.05) is 13.2 Å². The van der Waals surface area contributed by atoms with Crippen LogP contribution in [0.1, 0.15) is 22.2 Å². The molecular weight excluding hydrogens is 328 g/mol. The molecule has 0 bridgehead atoms. The van der Waals surface area contributed by atoms with Gasteiger partial charge in [0.25, 0.3) is 5.91 Å². The fourth-order valence-corrected chi connectivity index (χ4v) is 2.37. The van der Waals surface area contributed by atoms with Gasteiger partial charge in [0, 0.05) is 11.6 Å². The van der Waals surface area contributed by atoms with Crippen LogP contribution in [0.25, 0.3) is 11.3 Å². The number of ether oxygens (including phenoxy) is 2. The van der Waals surface area contributed by atoms with E-state index in [0.717, 1.165) is 5.56 Å². The number of carbonyl (C=O) groups is 1. The molecule has 0 aliphatic carbocycles. The lowest BCUT2D eigenvalue weighted by Gasteiger charge is -2.18. The van der Waals surface area contributed by atoms with E-state index in [9.17, 15) is 4.79 Å². The molecule has 0 atom stereocenters. The van der Waals surface area contributed by atoms with E-state index < -0.39 is 5.91 Å². The Morgan fingerprint density at radius 2 is 1.96 bits per heavy atom. The minimum Gasteiger partial charge on any atom is -0.486 e. The third kappa shape index (κ3) is 3.16. The molecule has 3 heterocycles. The van der Waals surface area contributed by atoms with Gasteiger partial charge in [0.15, 0.2) is 28.8 Å². The number of carbonyl (C=O) groups excluding carboxylic acids is 1. The maximum atomic E-state index is 12.1. The van der Waals surface area contributed by atoms with Gasteiger partial charge in [0.05, 0.1) is 6.54 Å². The SMILES string of the molecule is Cc1noc(CNC(=O)c2cc(-c3ccc4c(c3)OCCO4)on2)n1. The van der Waals surface area contributed by atoms with Gasteiger partial charge in [-0.3, -0.25) is 4.79 Å². The summed E-state index contributed by atoms with van der Waals surface area (Å²) in [5.74, 6) is 2.20. The molecule has 1 amide bonds. The summed E-state index contributed by atoms with van der Waals surface area (Å²) in [4.78, 5) is 16.1. The molecule has 2 aromatic heterocycles. The van der Waals surface area contributed by atoms with E-state index in [1.54, 1.807) is 25.1 Å². The van der Waals surface area contributed by atoms with Gasteiger partial charge in [0.1, 0.15) is 13.2 Å². The van der Waals surface area contributed by atoms with Crippen LogP contribution in [0.5, 0.6) is 11.5 Å². The van der Waals surface area contributed by atoms with Crippen LogP contribution in [0.4, 0.5) is 0 Å². The lowest BCUT2D eigenvalue weighted by molar-refractivity contribution is 0.0937. The number of aryl methyl sites for hydroxylation is 1. The van der Waals surface area contributed by atoms with Crippen LogP contribution < -0.4 is 14.8 Å². The van der Waals surface area contributed by atoms with Crippen molar-refractivity contribution in [3.8, 4) is 22.8 Å². The Labute approximate surface area is 141 Å². The minimum atomic E-state index is -0.400. The molecule has 128 valence electrons. The second-order valence-corrected chi connectivity index (χ2v) is 5.35. The predicted octanol–water partition coefficient (Wildman–Crippen LogP) is 1.73. The summed E-state index contributed by atoms with van der Waals surface area (Å²) in [6, 6.07) is 6.96. The maximum absolute atomic E-state index is 12.1. The fraction of sp³-hybridized carbons (Fsp3) is 0.250. The first-order chi connectivity index (χ1) is 12.2. The summed E-state index contributed by atoms with van der Waals surface area (Å²) in [6.45, 7) is 2.84. The quantitative estimate of drug-likeness (QED) is 0.763. The molecular formula is C16H14N4O5. The van der Waals surface area contributed by atoms with Gasteiger partial charge < -0.3 is 23.8 Å². The van der Waals surface area contributed by atoms with E-state index >= 15 is 0 Å². The Morgan fingerprint density at radius 1 is 1.12 bits per heavy atom. The first kappa shape index (κ1) is 15.2. The second kappa shape index (κ2) is 6.27. The Balaban J connectivity index is 1.47. The van der Waals surface area contributed by atoms with Gasteiger partial charge in [-0.05, 0) is 25.1 Å². The largest absolute Gasteiger partial charge is 0.486 e. The van der Waals surface area contributed by atoms with Crippen molar-refractivity contribution in [1.29, 1.82) is 0 Å². The number of amides is 1. The Bertz CT molecular complexity index is 917. The summed E-state index contributed by atoms with van der Waals surface area (Å²) in [5, 5.41) is 10.1. The summed E-state index contributed by atoms with van der Waals surface area (Å²) in [7, 11) is 0. The molecule has 3 aromatic rings. The zero-order valence-corrected chi connectivity index (χ0v) is 13.3. The summed E-state index contributed by atoms with van der Waals surface area (Å²) < 4.78 is 21.2. The molecule has 0 spiro atoms. The van der Waals surface area contributed by atoms with Crippen molar-refractivity contribution >= 4 is 5.91 Å². The third-order valence-electron chi connectivity index (χ3n) is 3.54. The molecule has 1 aliphatic rings. The molecule has 0 unspecified atom stereocenters. The van der Waals surface area contributed by atoms with Gasteiger partial charge in [-0.2, -0.15) is 4.98 Å². The van der Waals surface area contributed by atoms with Gasteiger partial charge in [-0.15, -0.1) is 0 Å². The zero-order chi connectivity index (χ0) is 17.2. The Kier molecular flexibility index (Phi) is 3.81. The predicted molar refractivity (Wildman–Crippen MR) is 83.1 cm³/mol. The highest BCUT2D eigenvalue weighted by Crippen LogP contribution is 2.34. The molecule has 0 saturated carbocycles. The number of hydrogen-bond acceptors (Lipinski definition) is 8. The van der Waals surface area contributed by atoms with E-state index in [0.29, 0.717) is 42.2 Å². The second-order valence-electron chi connectivity index (χ2n) is 5.35. The molecule has 9 nitrogen and oxygen atoms in total. The van der Waals surface area contributed by atoms with Gasteiger partial charge in [-0.25, -0.2) is 0 Å². The Morgan fingerprint density at radius 3 is 2.76 bits per heavy atom. The summed E-state index contributed by atoms with van der Waals surface area (Å²) in [6.07, 6.45) is 0. The van der Waals surface area contributed by atoms with Crippen LogP contribution in [-0.4, -0.2) is 34.4 Å². The number of aromatic nitrogens is 3. The number of rotatable bonds is 4. The average Bonchev–Trinajstić information content (AvgIpc) is 3.28. The topological polar surface area (TPSA) is 113 Å². The van der Waals surface area contributed by atoms with Crippen LogP contribution in [0.15, 0.2) is 33.3 Å². The normalized spacial score (nSPS) is 12.8. The van der Waals surface area contributed by atoms with Crippen LogP contribution in [0.2, 0.25) is 0 Å². The molecule has 1 aliphatic heterocycles. The number of nitrogens with zero attached hydrogens (tertiary/aromatic N) is 3. The van der Waals surface area contributed by atoms with Crippen molar-refractivity contribution in [2.45, 2.75) is 13.5 Å². The fourth-order valence-electron chi connectivity index (χ4n) is 2.37. The molecule has 0 radical (unpaired) electrons. The van der Waals surface area contributed by atoms with E-state index in [1.165, 1.54) is 0 Å². The first-order valence-corrected chi connectivity index (χ1v) is 7.63. The lowest BCUT2D eigenvalue weighted by atomic mass is 10.1. The highest BCUT2D eigenvalue weighted by molar-refractivity contribution is 5.93. The van der Waals surface area contributed by atoms with Crippen LogP contribution >= 0.6 is 0 Å². The van der Waals surface area contributed by atoms with Crippen LogP contribution in [0, 0.1) is 6.92 Å².